The zero-order valence-electron chi connectivity index (χ0n) is 19.9. The van der Waals surface area contributed by atoms with Crippen LogP contribution in [-0.4, -0.2) is 52.7 Å². The molecule has 1 aromatic carbocycles. The summed E-state index contributed by atoms with van der Waals surface area (Å²) in [7, 11) is 0. The Hall–Kier alpha value is -2.38. The Morgan fingerprint density at radius 1 is 1.12 bits per heavy atom. The predicted molar refractivity (Wildman–Crippen MR) is 137 cm³/mol. The maximum atomic E-state index is 12.6. The van der Waals surface area contributed by atoms with E-state index in [0.717, 1.165) is 46.5 Å². The topological polar surface area (TPSA) is 58.6 Å². The van der Waals surface area contributed by atoms with Gasteiger partial charge in [-0.15, -0.1) is 11.3 Å². The minimum Gasteiger partial charge on any atom is -0.444 e. The molecule has 0 saturated carbocycles. The van der Waals surface area contributed by atoms with Crippen molar-refractivity contribution in [3.8, 4) is 11.1 Å². The maximum Gasteiger partial charge on any atom is 0.410 e. The minimum atomic E-state index is -0.508. The number of halogens is 1. The molecule has 4 rings (SSSR count). The van der Waals surface area contributed by atoms with Crippen molar-refractivity contribution in [3.05, 3.63) is 40.0 Å². The van der Waals surface area contributed by atoms with E-state index in [1.807, 2.05) is 20.8 Å². The van der Waals surface area contributed by atoms with Crippen LogP contribution in [0.25, 0.3) is 21.3 Å². The van der Waals surface area contributed by atoms with Crippen molar-refractivity contribution >= 4 is 45.1 Å². The van der Waals surface area contributed by atoms with Crippen LogP contribution in [0.5, 0.6) is 0 Å². The SMILES string of the molecule is CCc1ccc(-c2c(C)sc3nc(Cl)nc(N4CCCN(C(=O)OC(C)(C)C)CC4)c23)cc1. The Morgan fingerprint density at radius 2 is 1.85 bits per heavy atom. The molecule has 0 unspecified atom stereocenters. The zero-order chi connectivity index (χ0) is 23.8. The van der Waals surface area contributed by atoms with Gasteiger partial charge >= 0.3 is 6.09 Å². The van der Waals surface area contributed by atoms with Crippen LogP contribution in [0.15, 0.2) is 24.3 Å². The molecule has 1 aliphatic heterocycles. The fraction of sp³-hybridized carbons (Fsp3) is 0.480. The van der Waals surface area contributed by atoms with Crippen LogP contribution in [0.3, 0.4) is 0 Å². The minimum absolute atomic E-state index is 0.250. The molecule has 1 aliphatic rings. The summed E-state index contributed by atoms with van der Waals surface area (Å²) in [6.45, 7) is 12.6. The van der Waals surface area contributed by atoms with Crippen molar-refractivity contribution in [2.75, 3.05) is 31.1 Å². The molecule has 1 fully saturated rings. The third-order valence-electron chi connectivity index (χ3n) is 5.78. The van der Waals surface area contributed by atoms with Crippen molar-refractivity contribution in [3.63, 3.8) is 0 Å². The lowest BCUT2D eigenvalue weighted by molar-refractivity contribution is 0.0263. The average molecular weight is 487 g/mol. The molecule has 0 aliphatic carbocycles. The van der Waals surface area contributed by atoms with Crippen LogP contribution >= 0.6 is 22.9 Å². The number of hydrogen-bond acceptors (Lipinski definition) is 6. The molecule has 33 heavy (non-hydrogen) atoms. The summed E-state index contributed by atoms with van der Waals surface area (Å²) in [5.74, 6) is 0.843. The first-order valence-corrected chi connectivity index (χ1v) is 12.6. The van der Waals surface area contributed by atoms with Crippen LogP contribution in [-0.2, 0) is 11.2 Å². The van der Waals surface area contributed by atoms with E-state index in [9.17, 15) is 4.79 Å². The standard InChI is InChI=1S/C25H31ClN4O2S/c1-6-17-8-10-18(11-9-17)19-16(2)33-22-20(19)21(27-23(26)28-22)29-12-7-13-30(15-14-29)24(31)32-25(3,4)5/h8-11H,6-7,12-15H2,1-5H3. The lowest BCUT2D eigenvalue weighted by atomic mass is 10.0. The second kappa shape index (κ2) is 9.47. The van der Waals surface area contributed by atoms with Gasteiger partial charge < -0.3 is 14.5 Å². The average Bonchev–Trinajstić information content (AvgIpc) is 2.92. The van der Waals surface area contributed by atoms with Gasteiger partial charge in [-0.3, -0.25) is 0 Å². The molecular formula is C25H31ClN4O2S. The summed E-state index contributed by atoms with van der Waals surface area (Å²) < 4.78 is 5.59. The van der Waals surface area contributed by atoms with E-state index in [0.29, 0.717) is 19.6 Å². The van der Waals surface area contributed by atoms with E-state index < -0.39 is 5.60 Å². The lowest BCUT2D eigenvalue weighted by Gasteiger charge is -2.27. The van der Waals surface area contributed by atoms with E-state index in [1.165, 1.54) is 10.4 Å². The van der Waals surface area contributed by atoms with Crippen molar-refractivity contribution in [1.82, 2.24) is 14.9 Å². The van der Waals surface area contributed by atoms with Gasteiger partial charge in [0.1, 0.15) is 16.2 Å². The molecule has 3 aromatic rings. The molecule has 1 amide bonds. The summed E-state index contributed by atoms with van der Waals surface area (Å²) in [5.41, 5.74) is 3.13. The predicted octanol–water partition coefficient (Wildman–Crippen LogP) is 6.33. The first kappa shape index (κ1) is 23.8. The Bertz CT molecular complexity index is 1150. The lowest BCUT2D eigenvalue weighted by Crippen LogP contribution is -2.39. The Kier molecular flexibility index (Phi) is 6.82. The van der Waals surface area contributed by atoms with Gasteiger partial charge in [0.2, 0.25) is 5.28 Å². The van der Waals surface area contributed by atoms with E-state index in [1.54, 1.807) is 16.2 Å². The first-order valence-electron chi connectivity index (χ1n) is 11.4. The molecule has 1 saturated heterocycles. The van der Waals surface area contributed by atoms with Gasteiger partial charge in [0.25, 0.3) is 0 Å². The van der Waals surface area contributed by atoms with Crippen molar-refractivity contribution in [1.29, 1.82) is 0 Å². The van der Waals surface area contributed by atoms with Crippen molar-refractivity contribution in [2.24, 2.45) is 0 Å². The highest BCUT2D eigenvalue weighted by Gasteiger charge is 2.27. The quantitative estimate of drug-likeness (QED) is 0.405. The summed E-state index contributed by atoms with van der Waals surface area (Å²) in [6.07, 6.45) is 1.57. The molecule has 3 heterocycles. The molecule has 176 valence electrons. The van der Waals surface area contributed by atoms with E-state index in [-0.39, 0.29) is 11.4 Å². The summed E-state index contributed by atoms with van der Waals surface area (Å²) in [6, 6.07) is 8.72. The molecule has 0 spiro atoms. The van der Waals surface area contributed by atoms with Crippen LogP contribution in [0.2, 0.25) is 5.28 Å². The second-order valence-corrected chi connectivity index (χ2v) is 10.9. The number of carbonyl (C=O) groups excluding carboxylic acids is 1. The van der Waals surface area contributed by atoms with Crippen molar-refractivity contribution in [2.45, 2.75) is 53.1 Å². The Labute approximate surface area is 204 Å². The number of benzene rings is 1. The number of nitrogens with zero attached hydrogens (tertiary/aromatic N) is 4. The van der Waals surface area contributed by atoms with E-state index >= 15 is 0 Å². The van der Waals surface area contributed by atoms with Crippen LogP contribution in [0.1, 0.15) is 44.6 Å². The number of fused-ring (bicyclic) bond motifs is 1. The number of rotatable bonds is 3. The fourth-order valence-corrected chi connectivity index (χ4v) is 5.44. The normalized spacial score (nSPS) is 15.1. The molecule has 0 bridgehead atoms. The van der Waals surface area contributed by atoms with E-state index in [4.69, 9.17) is 16.3 Å². The number of anilines is 1. The fourth-order valence-electron chi connectivity index (χ4n) is 4.19. The number of aromatic nitrogens is 2. The Balaban J connectivity index is 1.69. The summed E-state index contributed by atoms with van der Waals surface area (Å²) >= 11 is 8.00. The number of thiophene rings is 1. The number of aryl methyl sites for hydroxylation is 2. The first-order chi connectivity index (χ1) is 15.7. The monoisotopic (exact) mass is 486 g/mol. The molecule has 8 heteroatoms. The molecule has 6 nitrogen and oxygen atoms in total. The number of amides is 1. The third kappa shape index (κ3) is 5.25. The second-order valence-electron chi connectivity index (χ2n) is 9.39. The Morgan fingerprint density at radius 3 is 2.52 bits per heavy atom. The van der Waals surface area contributed by atoms with Gasteiger partial charge in [-0.2, -0.15) is 4.98 Å². The van der Waals surface area contributed by atoms with Gasteiger partial charge in [0.05, 0.1) is 5.39 Å². The van der Waals surface area contributed by atoms with Crippen molar-refractivity contribution < 1.29 is 9.53 Å². The van der Waals surface area contributed by atoms with E-state index in [2.05, 4.69) is 53.0 Å². The number of carbonyl (C=O) groups is 1. The molecule has 0 N–H and O–H groups in total. The van der Waals surface area contributed by atoms with Gasteiger partial charge in [0, 0.05) is 36.6 Å². The largest absolute Gasteiger partial charge is 0.444 e. The molecule has 2 aromatic heterocycles. The van der Waals surface area contributed by atoms with Crippen LogP contribution < -0.4 is 4.90 Å². The van der Waals surface area contributed by atoms with Gasteiger partial charge in [-0.05, 0) is 63.3 Å². The molecule has 0 atom stereocenters. The van der Waals surface area contributed by atoms with Gasteiger partial charge in [0.15, 0.2) is 0 Å². The maximum absolute atomic E-state index is 12.6. The molecular weight excluding hydrogens is 456 g/mol. The highest BCUT2D eigenvalue weighted by atomic mass is 35.5. The van der Waals surface area contributed by atoms with Crippen LogP contribution in [0.4, 0.5) is 10.6 Å². The highest BCUT2D eigenvalue weighted by Crippen LogP contribution is 2.42. The number of ether oxygens (including phenoxy) is 1. The third-order valence-corrected chi connectivity index (χ3v) is 6.95. The smallest absolute Gasteiger partial charge is 0.410 e. The zero-order valence-corrected chi connectivity index (χ0v) is 21.5. The van der Waals surface area contributed by atoms with Gasteiger partial charge in [-0.25, -0.2) is 9.78 Å². The van der Waals surface area contributed by atoms with Crippen LogP contribution in [0, 0.1) is 6.92 Å². The summed E-state index contributed by atoms with van der Waals surface area (Å²) in [5, 5.41) is 1.29. The van der Waals surface area contributed by atoms with Gasteiger partial charge in [-0.1, -0.05) is 31.2 Å². The summed E-state index contributed by atoms with van der Waals surface area (Å²) in [4.78, 5) is 27.9. The highest BCUT2D eigenvalue weighted by molar-refractivity contribution is 7.19. The number of hydrogen-bond donors (Lipinski definition) is 0. The molecule has 0 radical (unpaired) electrons.